The first kappa shape index (κ1) is 21.4. The lowest BCUT2D eigenvalue weighted by molar-refractivity contribution is 0.0376. The number of carbonyl (C=O) groups is 2. The standard InChI is InChI=1S/C18H29N3O5S/c1-11(2)26-18(23)15-12(3)16(20-13(15)4)17(22)21-9-7-6-8-14(21)10-19-27(5,24)25/h11,14,19-20H,6-10H2,1-5H3/t14-/m0/s1. The number of hydrogen-bond acceptors (Lipinski definition) is 5. The molecular formula is C18H29N3O5S. The summed E-state index contributed by atoms with van der Waals surface area (Å²) in [7, 11) is -3.33. The Balaban J connectivity index is 2.26. The number of ether oxygens (including phenoxy) is 1. The third kappa shape index (κ3) is 5.32. The topological polar surface area (TPSA) is 109 Å². The SMILES string of the molecule is Cc1[nH]c(C(=O)N2CCCC[C@H]2CNS(C)(=O)=O)c(C)c1C(=O)OC(C)C. The number of hydrogen-bond donors (Lipinski definition) is 2. The zero-order chi connectivity index (χ0) is 20.4. The number of likely N-dealkylation sites (tertiary alicyclic amines) is 1. The molecule has 2 heterocycles. The smallest absolute Gasteiger partial charge is 0.340 e. The second-order valence-corrected chi connectivity index (χ2v) is 9.18. The van der Waals surface area contributed by atoms with Crippen LogP contribution in [0.25, 0.3) is 0 Å². The summed E-state index contributed by atoms with van der Waals surface area (Å²) in [6.45, 7) is 7.74. The van der Waals surface area contributed by atoms with Gasteiger partial charge in [0.25, 0.3) is 5.91 Å². The molecule has 2 rings (SSSR count). The minimum atomic E-state index is -3.33. The van der Waals surface area contributed by atoms with Crippen LogP contribution in [-0.4, -0.2) is 61.7 Å². The van der Waals surface area contributed by atoms with Crippen LogP contribution < -0.4 is 4.72 Å². The molecule has 0 bridgehead atoms. The van der Waals surface area contributed by atoms with Crippen LogP contribution in [-0.2, 0) is 14.8 Å². The lowest BCUT2D eigenvalue weighted by atomic mass is 10.0. The number of sulfonamides is 1. The quantitative estimate of drug-likeness (QED) is 0.708. The summed E-state index contributed by atoms with van der Waals surface area (Å²) in [4.78, 5) is 30.2. The maximum atomic E-state index is 13.1. The van der Waals surface area contributed by atoms with Crippen molar-refractivity contribution in [3.8, 4) is 0 Å². The number of piperidine rings is 1. The molecule has 0 aromatic carbocycles. The molecule has 1 amide bonds. The number of nitrogens with zero attached hydrogens (tertiary/aromatic N) is 1. The molecular weight excluding hydrogens is 370 g/mol. The average molecular weight is 400 g/mol. The van der Waals surface area contributed by atoms with E-state index in [1.807, 2.05) is 0 Å². The second kappa shape index (κ2) is 8.43. The highest BCUT2D eigenvalue weighted by Gasteiger charge is 2.31. The van der Waals surface area contributed by atoms with Gasteiger partial charge >= 0.3 is 5.97 Å². The number of rotatable bonds is 6. The van der Waals surface area contributed by atoms with E-state index in [1.165, 1.54) is 0 Å². The Morgan fingerprint density at radius 3 is 2.56 bits per heavy atom. The Morgan fingerprint density at radius 2 is 1.96 bits per heavy atom. The molecule has 9 heteroatoms. The van der Waals surface area contributed by atoms with Crippen LogP contribution >= 0.6 is 0 Å². The number of aromatic nitrogens is 1. The number of esters is 1. The van der Waals surface area contributed by atoms with Crippen molar-refractivity contribution >= 4 is 21.9 Å². The van der Waals surface area contributed by atoms with Gasteiger partial charge in [0.05, 0.1) is 17.9 Å². The van der Waals surface area contributed by atoms with E-state index < -0.39 is 16.0 Å². The Labute approximate surface area is 160 Å². The highest BCUT2D eigenvalue weighted by atomic mass is 32.2. The van der Waals surface area contributed by atoms with Crippen LogP contribution in [0.4, 0.5) is 0 Å². The van der Waals surface area contributed by atoms with Gasteiger partial charge in [-0.3, -0.25) is 4.79 Å². The molecule has 152 valence electrons. The van der Waals surface area contributed by atoms with Crippen molar-refractivity contribution in [3.05, 3.63) is 22.5 Å². The Hall–Kier alpha value is -1.87. The molecule has 0 saturated carbocycles. The maximum absolute atomic E-state index is 13.1. The molecule has 1 fully saturated rings. The number of nitrogens with one attached hydrogen (secondary N) is 2. The lowest BCUT2D eigenvalue weighted by Gasteiger charge is -2.35. The van der Waals surface area contributed by atoms with E-state index >= 15 is 0 Å². The molecule has 0 unspecified atom stereocenters. The van der Waals surface area contributed by atoms with Gasteiger partial charge < -0.3 is 14.6 Å². The Bertz CT molecular complexity index is 813. The fourth-order valence-corrected chi connectivity index (χ4v) is 3.91. The van der Waals surface area contributed by atoms with E-state index in [1.54, 1.807) is 32.6 Å². The normalized spacial score (nSPS) is 18.0. The summed E-state index contributed by atoms with van der Waals surface area (Å²) in [5, 5.41) is 0. The average Bonchev–Trinajstić information content (AvgIpc) is 2.86. The number of carbonyl (C=O) groups excluding carboxylic acids is 2. The predicted octanol–water partition coefficient (Wildman–Crippen LogP) is 1.74. The maximum Gasteiger partial charge on any atom is 0.340 e. The second-order valence-electron chi connectivity index (χ2n) is 7.35. The minimum Gasteiger partial charge on any atom is -0.459 e. The molecule has 1 aromatic rings. The first-order valence-corrected chi connectivity index (χ1v) is 11.1. The minimum absolute atomic E-state index is 0.186. The summed E-state index contributed by atoms with van der Waals surface area (Å²) in [5.74, 6) is -0.677. The number of aryl methyl sites for hydroxylation is 1. The number of amides is 1. The van der Waals surface area contributed by atoms with Gasteiger partial charge in [0.15, 0.2) is 0 Å². The first-order valence-electron chi connectivity index (χ1n) is 9.17. The zero-order valence-corrected chi connectivity index (χ0v) is 17.4. The van der Waals surface area contributed by atoms with E-state index in [4.69, 9.17) is 4.74 Å². The van der Waals surface area contributed by atoms with Crippen LogP contribution in [0.3, 0.4) is 0 Å². The molecule has 0 radical (unpaired) electrons. The third-order valence-electron chi connectivity index (χ3n) is 4.67. The van der Waals surface area contributed by atoms with Gasteiger partial charge in [-0.2, -0.15) is 0 Å². The van der Waals surface area contributed by atoms with E-state index in [0.717, 1.165) is 25.5 Å². The third-order valence-corrected chi connectivity index (χ3v) is 5.36. The van der Waals surface area contributed by atoms with Gasteiger partial charge in [-0.15, -0.1) is 0 Å². The van der Waals surface area contributed by atoms with Gasteiger partial charge in [-0.1, -0.05) is 0 Å². The van der Waals surface area contributed by atoms with E-state index in [0.29, 0.717) is 29.1 Å². The first-order chi connectivity index (χ1) is 12.5. The Kier molecular flexibility index (Phi) is 6.69. The van der Waals surface area contributed by atoms with Crippen LogP contribution in [0.15, 0.2) is 0 Å². The van der Waals surface area contributed by atoms with E-state index in [2.05, 4.69) is 9.71 Å². The zero-order valence-electron chi connectivity index (χ0n) is 16.6. The van der Waals surface area contributed by atoms with Crippen molar-refractivity contribution in [1.82, 2.24) is 14.6 Å². The highest BCUT2D eigenvalue weighted by Crippen LogP contribution is 2.24. The molecule has 8 nitrogen and oxygen atoms in total. The Morgan fingerprint density at radius 1 is 1.30 bits per heavy atom. The van der Waals surface area contributed by atoms with Gasteiger partial charge in [0.2, 0.25) is 10.0 Å². The fourth-order valence-electron chi connectivity index (χ4n) is 3.41. The van der Waals surface area contributed by atoms with Crippen LogP contribution in [0.2, 0.25) is 0 Å². The van der Waals surface area contributed by atoms with Crippen molar-refractivity contribution in [2.24, 2.45) is 0 Å². The van der Waals surface area contributed by atoms with Crippen molar-refractivity contribution in [3.63, 3.8) is 0 Å². The van der Waals surface area contributed by atoms with Crippen molar-refractivity contribution in [2.75, 3.05) is 19.3 Å². The van der Waals surface area contributed by atoms with Crippen LogP contribution in [0.5, 0.6) is 0 Å². The van der Waals surface area contributed by atoms with Crippen molar-refractivity contribution < 1.29 is 22.7 Å². The summed E-state index contributed by atoms with van der Waals surface area (Å²) in [5.41, 5.74) is 1.89. The molecule has 1 aliphatic rings. The van der Waals surface area contributed by atoms with Crippen molar-refractivity contribution in [1.29, 1.82) is 0 Å². The largest absolute Gasteiger partial charge is 0.459 e. The molecule has 0 spiro atoms. The fraction of sp³-hybridized carbons (Fsp3) is 0.667. The van der Waals surface area contributed by atoms with Gasteiger partial charge in [0.1, 0.15) is 5.69 Å². The van der Waals surface area contributed by atoms with Crippen molar-refractivity contribution in [2.45, 2.75) is 59.1 Å². The molecule has 1 aliphatic heterocycles. The van der Waals surface area contributed by atoms with E-state index in [-0.39, 0.29) is 24.6 Å². The highest BCUT2D eigenvalue weighted by molar-refractivity contribution is 7.88. The van der Waals surface area contributed by atoms with Gasteiger partial charge in [-0.05, 0) is 52.5 Å². The molecule has 1 saturated heterocycles. The molecule has 0 aliphatic carbocycles. The van der Waals surface area contributed by atoms with Gasteiger partial charge in [0, 0.05) is 24.8 Å². The molecule has 1 aromatic heterocycles. The summed E-state index contributed by atoms with van der Waals surface area (Å²) < 4.78 is 30.6. The lowest BCUT2D eigenvalue weighted by Crippen LogP contribution is -2.49. The summed E-state index contributed by atoms with van der Waals surface area (Å²) in [6.07, 6.45) is 3.39. The monoisotopic (exact) mass is 399 g/mol. The van der Waals surface area contributed by atoms with Gasteiger partial charge in [-0.25, -0.2) is 17.9 Å². The molecule has 2 N–H and O–H groups in total. The summed E-state index contributed by atoms with van der Waals surface area (Å²) >= 11 is 0. The van der Waals surface area contributed by atoms with Crippen LogP contribution in [0.1, 0.15) is 65.2 Å². The summed E-state index contributed by atoms with van der Waals surface area (Å²) in [6, 6.07) is -0.213. The predicted molar refractivity (Wildman–Crippen MR) is 102 cm³/mol. The number of H-pyrrole nitrogens is 1. The van der Waals surface area contributed by atoms with E-state index in [9.17, 15) is 18.0 Å². The molecule has 27 heavy (non-hydrogen) atoms. The number of aromatic amines is 1. The molecule has 1 atom stereocenters. The van der Waals surface area contributed by atoms with Crippen LogP contribution in [0, 0.1) is 13.8 Å².